The molecule has 2 amide bonds. The summed E-state index contributed by atoms with van der Waals surface area (Å²) in [4.78, 5) is 24.6. The Labute approximate surface area is 156 Å². The maximum Gasteiger partial charge on any atom is 0.248 e. The van der Waals surface area contributed by atoms with Gasteiger partial charge in [-0.15, -0.1) is 0 Å². The number of nitrogens with zero attached hydrogens (tertiary/aromatic N) is 2. The predicted octanol–water partition coefficient (Wildman–Crippen LogP) is 2.12. The summed E-state index contributed by atoms with van der Waals surface area (Å²) >= 11 is 1.86. The van der Waals surface area contributed by atoms with E-state index >= 15 is 0 Å². The van der Waals surface area contributed by atoms with Crippen LogP contribution in [0.25, 0.3) is 0 Å². The number of nitrogens with one attached hydrogen (secondary N) is 3. The van der Waals surface area contributed by atoms with Gasteiger partial charge in [-0.3, -0.25) is 14.3 Å². The van der Waals surface area contributed by atoms with Crippen molar-refractivity contribution in [3.63, 3.8) is 0 Å². The first-order chi connectivity index (χ1) is 12.6. The van der Waals surface area contributed by atoms with Crippen LogP contribution in [0.5, 0.6) is 0 Å². The molecule has 8 heteroatoms. The topological polar surface area (TPSA) is 88.0 Å². The fourth-order valence-electron chi connectivity index (χ4n) is 2.74. The first-order valence-corrected chi connectivity index (χ1v) is 9.78. The average molecular weight is 373 g/mol. The molecular weight excluding hydrogens is 350 g/mol. The molecule has 0 bridgehead atoms. The molecule has 0 spiro atoms. The zero-order valence-corrected chi connectivity index (χ0v) is 15.5. The van der Waals surface area contributed by atoms with Crippen molar-refractivity contribution in [1.29, 1.82) is 0 Å². The quantitative estimate of drug-likeness (QED) is 0.722. The first-order valence-electron chi connectivity index (χ1n) is 8.63. The molecule has 0 radical (unpaired) electrons. The third-order valence-corrected chi connectivity index (χ3v) is 5.28. The molecule has 1 saturated heterocycles. The van der Waals surface area contributed by atoms with Gasteiger partial charge in [-0.2, -0.15) is 16.9 Å². The first kappa shape index (κ1) is 18.5. The Bertz CT molecular complexity index is 744. The number of benzene rings is 1. The molecule has 7 nitrogen and oxygen atoms in total. The summed E-state index contributed by atoms with van der Waals surface area (Å²) in [5.74, 6) is 1.85. The highest BCUT2D eigenvalue weighted by atomic mass is 32.2. The highest BCUT2D eigenvalue weighted by Gasteiger charge is 2.17. The summed E-state index contributed by atoms with van der Waals surface area (Å²) in [5, 5.41) is 13.2. The second kappa shape index (κ2) is 8.86. The van der Waals surface area contributed by atoms with Crippen LogP contribution in [0.2, 0.25) is 0 Å². The van der Waals surface area contributed by atoms with E-state index in [1.807, 2.05) is 17.8 Å². The monoisotopic (exact) mass is 373 g/mol. The van der Waals surface area contributed by atoms with Crippen molar-refractivity contribution < 1.29 is 9.59 Å². The van der Waals surface area contributed by atoms with E-state index in [0.717, 1.165) is 18.1 Å². The molecule has 138 valence electrons. The highest BCUT2D eigenvalue weighted by Crippen LogP contribution is 2.18. The van der Waals surface area contributed by atoms with Gasteiger partial charge in [0, 0.05) is 54.3 Å². The van der Waals surface area contributed by atoms with Crippen molar-refractivity contribution in [2.24, 2.45) is 0 Å². The molecule has 0 saturated carbocycles. The zero-order valence-electron chi connectivity index (χ0n) is 14.6. The van der Waals surface area contributed by atoms with Crippen LogP contribution in [-0.4, -0.2) is 45.7 Å². The molecular formula is C18H23N5O2S. The predicted molar refractivity (Wildman–Crippen MR) is 104 cm³/mol. The summed E-state index contributed by atoms with van der Waals surface area (Å²) in [6, 6.07) is 8.74. The van der Waals surface area contributed by atoms with Gasteiger partial charge in [0.25, 0.3) is 0 Å². The Morgan fingerprint density at radius 2 is 2.15 bits per heavy atom. The molecule has 2 aromatic rings. The van der Waals surface area contributed by atoms with Crippen LogP contribution in [0.15, 0.2) is 42.7 Å². The average Bonchev–Trinajstić information content (AvgIpc) is 3.16. The van der Waals surface area contributed by atoms with E-state index in [9.17, 15) is 9.59 Å². The Kier molecular flexibility index (Phi) is 6.30. The number of hydrogen-bond acceptors (Lipinski definition) is 5. The van der Waals surface area contributed by atoms with Gasteiger partial charge < -0.3 is 16.0 Å². The lowest BCUT2D eigenvalue weighted by Crippen LogP contribution is -2.39. The summed E-state index contributed by atoms with van der Waals surface area (Å²) < 4.78 is 1.59. The van der Waals surface area contributed by atoms with Gasteiger partial charge in [-0.25, -0.2) is 0 Å². The Morgan fingerprint density at radius 3 is 2.85 bits per heavy atom. The SMILES string of the molecule is CC(C(=O)Nc1cccc(NC(=O)CC2CSCCN2)c1)n1cccn1. The van der Waals surface area contributed by atoms with Gasteiger partial charge >= 0.3 is 0 Å². The smallest absolute Gasteiger partial charge is 0.248 e. The molecule has 2 heterocycles. The summed E-state index contributed by atoms with van der Waals surface area (Å²) in [6.07, 6.45) is 3.83. The lowest BCUT2D eigenvalue weighted by Gasteiger charge is -2.22. The fourth-order valence-corrected chi connectivity index (χ4v) is 3.69. The number of thioether (sulfide) groups is 1. The van der Waals surface area contributed by atoms with E-state index in [2.05, 4.69) is 21.0 Å². The van der Waals surface area contributed by atoms with Crippen LogP contribution in [0.1, 0.15) is 19.4 Å². The molecule has 1 aliphatic rings. The number of amides is 2. The van der Waals surface area contributed by atoms with Crippen molar-refractivity contribution in [3.8, 4) is 0 Å². The number of rotatable bonds is 6. The summed E-state index contributed by atoms with van der Waals surface area (Å²) in [5.41, 5.74) is 1.31. The minimum Gasteiger partial charge on any atom is -0.326 e. The number of aromatic nitrogens is 2. The van der Waals surface area contributed by atoms with Crippen LogP contribution < -0.4 is 16.0 Å². The molecule has 1 fully saturated rings. The van der Waals surface area contributed by atoms with Gasteiger partial charge in [0.05, 0.1) is 0 Å². The zero-order chi connectivity index (χ0) is 18.4. The van der Waals surface area contributed by atoms with Gasteiger partial charge in [-0.05, 0) is 31.2 Å². The lowest BCUT2D eigenvalue weighted by atomic mass is 10.2. The Hall–Kier alpha value is -2.32. The normalized spacial score (nSPS) is 18.1. The molecule has 0 aliphatic carbocycles. The molecule has 3 rings (SSSR count). The fraction of sp³-hybridized carbons (Fsp3) is 0.389. The number of carbonyl (C=O) groups excluding carboxylic acids is 2. The van der Waals surface area contributed by atoms with Gasteiger partial charge in [-0.1, -0.05) is 6.07 Å². The molecule has 3 N–H and O–H groups in total. The number of hydrogen-bond donors (Lipinski definition) is 3. The van der Waals surface area contributed by atoms with Crippen molar-refractivity contribution >= 4 is 35.0 Å². The van der Waals surface area contributed by atoms with E-state index in [0.29, 0.717) is 17.8 Å². The van der Waals surface area contributed by atoms with Crippen LogP contribution in [0, 0.1) is 0 Å². The minimum atomic E-state index is -0.418. The van der Waals surface area contributed by atoms with E-state index in [1.54, 1.807) is 48.3 Å². The Balaban J connectivity index is 1.55. The largest absolute Gasteiger partial charge is 0.326 e. The summed E-state index contributed by atoms with van der Waals surface area (Å²) in [7, 11) is 0. The molecule has 1 aromatic heterocycles. The second-order valence-electron chi connectivity index (χ2n) is 6.21. The minimum absolute atomic E-state index is 0.0293. The summed E-state index contributed by atoms with van der Waals surface area (Å²) in [6.45, 7) is 2.72. The van der Waals surface area contributed by atoms with E-state index in [4.69, 9.17) is 0 Å². The van der Waals surface area contributed by atoms with Crippen LogP contribution >= 0.6 is 11.8 Å². The highest BCUT2D eigenvalue weighted by molar-refractivity contribution is 7.99. The number of anilines is 2. The third-order valence-electron chi connectivity index (χ3n) is 4.15. The number of carbonyl (C=O) groups is 2. The molecule has 2 atom stereocenters. The third kappa shape index (κ3) is 5.09. The van der Waals surface area contributed by atoms with Crippen LogP contribution in [0.3, 0.4) is 0 Å². The van der Waals surface area contributed by atoms with Crippen molar-refractivity contribution in [3.05, 3.63) is 42.7 Å². The molecule has 26 heavy (non-hydrogen) atoms. The van der Waals surface area contributed by atoms with Gasteiger partial charge in [0.15, 0.2) is 0 Å². The van der Waals surface area contributed by atoms with Crippen LogP contribution in [0.4, 0.5) is 11.4 Å². The van der Waals surface area contributed by atoms with Crippen molar-refractivity contribution in [2.45, 2.75) is 25.4 Å². The van der Waals surface area contributed by atoms with E-state index < -0.39 is 6.04 Å². The molecule has 2 unspecified atom stereocenters. The second-order valence-corrected chi connectivity index (χ2v) is 7.36. The maximum atomic E-state index is 12.3. The van der Waals surface area contributed by atoms with Crippen molar-refractivity contribution in [1.82, 2.24) is 15.1 Å². The Morgan fingerprint density at radius 1 is 1.35 bits per heavy atom. The molecule has 1 aliphatic heterocycles. The lowest BCUT2D eigenvalue weighted by molar-refractivity contribution is -0.119. The van der Waals surface area contributed by atoms with Gasteiger partial charge in [0.1, 0.15) is 6.04 Å². The van der Waals surface area contributed by atoms with E-state index in [-0.39, 0.29) is 17.9 Å². The maximum absolute atomic E-state index is 12.3. The van der Waals surface area contributed by atoms with Gasteiger partial charge in [0.2, 0.25) is 11.8 Å². The van der Waals surface area contributed by atoms with Crippen molar-refractivity contribution in [2.75, 3.05) is 28.7 Å². The molecule has 1 aromatic carbocycles. The van der Waals surface area contributed by atoms with E-state index in [1.165, 1.54) is 0 Å². The van der Waals surface area contributed by atoms with Crippen LogP contribution in [-0.2, 0) is 9.59 Å². The standard InChI is InChI=1S/C18H23N5O2S/c1-13(23-8-3-6-20-23)18(25)22-15-5-2-4-14(10-15)21-17(24)11-16-12-26-9-7-19-16/h2-6,8,10,13,16,19H,7,9,11-12H2,1H3,(H,21,24)(H,22,25).